The van der Waals surface area contributed by atoms with Gasteiger partial charge in [0.25, 0.3) is 0 Å². The number of carbonyl (C=O) groups excluding carboxylic acids is 1. The van der Waals surface area contributed by atoms with Gasteiger partial charge in [0.15, 0.2) is 0 Å². The van der Waals surface area contributed by atoms with Crippen molar-refractivity contribution in [2.45, 2.75) is 25.4 Å². The highest BCUT2D eigenvalue weighted by Gasteiger charge is 2.32. The van der Waals surface area contributed by atoms with Crippen LogP contribution >= 0.6 is 0 Å². The first-order chi connectivity index (χ1) is 10.2. The van der Waals surface area contributed by atoms with Crippen molar-refractivity contribution in [3.63, 3.8) is 0 Å². The average Bonchev–Trinajstić information content (AvgIpc) is 3.33. The quantitative estimate of drug-likeness (QED) is 0.819. The highest BCUT2D eigenvalue weighted by Crippen LogP contribution is 2.27. The van der Waals surface area contributed by atoms with E-state index in [1.54, 1.807) is 0 Å². The first-order valence-electron chi connectivity index (χ1n) is 7.96. The van der Waals surface area contributed by atoms with Crippen LogP contribution in [-0.4, -0.2) is 66.4 Å². The van der Waals surface area contributed by atoms with E-state index in [0.29, 0.717) is 6.54 Å². The van der Waals surface area contributed by atoms with Gasteiger partial charge in [-0.25, -0.2) is 0 Å². The average molecular weight is 287 g/mol. The summed E-state index contributed by atoms with van der Waals surface area (Å²) in [7, 11) is 2.02. The van der Waals surface area contributed by atoms with Crippen LogP contribution in [0.1, 0.15) is 18.4 Å². The molecular weight excluding hydrogens is 262 g/mol. The highest BCUT2D eigenvalue weighted by molar-refractivity contribution is 5.78. The summed E-state index contributed by atoms with van der Waals surface area (Å²) >= 11 is 0. The van der Waals surface area contributed by atoms with Crippen molar-refractivity contribution in [1.29, 1.82) is 0 Å². The fourth-order valence-corrected chi connectivity index (χ4v) is 3.06. The summed E-state index contributed by atoms with van der Waals surface area (Å²) in [6.07, 6.45) is 2.71. The minimum atomic E-state index is 0.267. The smallest absolute Gasteiger partial charge is 0.236 e. The Hall–Kier alpha value is -1.39. The van der Waals surface area contributed by atoms with E-state index < -0.39 is 0 Å². The molecule has 1 heterocycles. The maximum absolute atomic E-state index is 12.4. The molecule has 0 bridgehead atoms. The van der Waals surface area contributed by atoms with Crippen molar-refractivity contribution < 1.29 is 4.79 Å². The molecule has 0 radical (unpaired) electrons. The molecule has 114 valence electrons. The first kappa shape index (κ1) is 14.5. The van der Waals surface area contributed by atoms with E-state index in [0.717, 1.165) is 38.8 Å². The van der Waals surface area contributed by atoms with Gasteiger partial charge in [-0.3, -0.25) is 14.6 Å². The Bertz CT molecular complexity index is 464. The summed E-state index contributed by atoms with van der Waals surface area (Å²) in [4.78, 5) is 19.0. The van der Waals surface area contributed by atoms with E-state index in [9.17, 15) is 4.79 Å². The third-order valence-electron chi connectivity index (χ3n) is 4.43. The predicted molar refractivity (Wildman–Crippen MR) is 84.0 cm³/mol. The second-order valence-electron chi connectivity index (χ2n) is 6.31. The zero-order valence-electron chi connectivity index (χ0n) is 12.9. The molecule has 0 atom stereocenters. The van der Waals surface area contributed by atoms with Gasteiger partial charge in [-0.2, -0.15) is 0 Å². The molecule has 0 spiro atoms. The number of likely N-dealkylation sites (N-methyl/N-ethyl adjacent to an activating group) is 1. The lowest BCUT2D eigenvalue weighted by atomic mass is 10.2. The van der Waals surface area contributed by atoms with Gasteiger partial charge in [0.05, 0.1) is 6.54 Å². The van der Waals surface area contributed by atoms with Gasteiger partial charge in [-0.15, -0.1) is 0 Å². The summed E-state index contributed by atoms with van der Waals surface area (Å²) < 4.78 is 0. The topological polar surface area (TPSA) is 26.8 Å². The van der Waals surface area contributed by atoms with Crippen molar-refractivity contribution >= 4 is 5.91 Å². The minimum Gasteiger partial charge on any atom is -0.339 e. The van der Waals surface area contributed by atoms with Gasteiger partial charge in [0.2, 0.25) is 5.91 Å². The van der Waals surface area contributed by atoms with Crippen molar-refractivity contribution in [3.05, 3.63) is 35.9 Å². The number of nitrogens with zero attached hydrogens (tertiary/aromatic N) is 3. The summed E-state index contributed by atoms with van der Waals surface area (Å²) in [5.74, 6) is 0.267. The molecule has 3 rings (SSSR count). The molecule has 1 saturated heterocycles. The zero-order chi connectivity index (χ0) is 14.7. The monoisotopic (exact) mass is 287 g/mol. The van der Waals surface area contributed by atoms with Gasteiger partial charge < -0.3 is 4.90 Å². The van der Waals surface area contributed by atoms with Crippen LogP contribution in [0.15, 0.2) is 30.3 Å². The predicted octanol–water partition coefficient (Wildman–Crippen LogP) is 1.42. The molecule has 1 saturated carbocycles. The Morgan fingerprint density at radius 3 is 2.43 bits per heavy atom. The number of hydrogen-bond donors (Lipinski definition) is 0. The molecular formula is C17H25N3O. The van der Waals surface area contributed by atoms with E-state index >= 15 is 0 Å². The van der Waals surface area contributed by atoms with Crippen LogP contribution in [0.3, 0.4) is 0 Å². The molecule has 0 aromatic heterocycles. The van der Waals surface area contributed by atoms with Crippen LogP contribution in [0.4, 0.5) is 0 Å². The van der Waals surface area contributed by atoms with E-state index in [-0.39, 0.29) is 5.91 Å². The number of hydrogen-bond acceptors (Lipinski definition) is 3. The molecule has 0 unspecified atom stereocenters. The number of rotatable bonds is 5. The highest BCUT2D eigenvalue weighted by atomic mass is 16.2. The van der Waals surface area contributed by atoms with Gasteiger partial charge in [0, 0.05) is 38.8 Å². The number of amides is 1. The molecule has 2 fully saturated rings. The lowest BCUT2D eigenvalue weighted by molar-refractivity contribution is -0.134. The van der Waals surface area contributed by atoms with Crippen molar-refractivity contribution in [2.24, 2.45) is 0 Å². The Morgan fingerprint density at radius 2 is 1.81 bits per heavy atom. The Labute approximate surface area is 127 Å². The molecule has 1 amide bonds. The SMILES string of the molecule is CN(CC(=O)N1CCN(C2CC2)CC1)Cc1ccccc1. The lowest BCUT2D eigenvalue weighted by Crippen LogP contribution is -2.51. The van der Waals surface area contributed by atoms with E-state index in [1.807, 2.05) is 30.1 Å². The Morgan fingerprint density at radius 1 is 1.14 bits per heavy atom. The number of piperazine rings is 1. The largest absolute Gasteiger partial charge is 0.339 e. The van der Waals surface area contributed by atoms with Crippen LogP contribution in [-0.2, 0) is 11.3 Å². The fourth-order valence-electron chi connectivity index (χ4n) is 3.06. The molecule has 4 nitrogen and oxygen atoms in total. The summed E-state index contributed by atoms with van der Waals surface area (Å²) in [6.45, 7) is 5.24. The molecule has 1 aromatic rings. The molecule has 1 aromatic carbocycles. The van der Waals surface area contributed by atoms with Crippen LogP contribution in [0.5, 0.6) is 0 Å². The summed E-state index contributed by atoms with van der Waals surface area (Å²) in [5.41, 5.74) is 1.26. The fraction of sp³-hybridized carbons (Fsp3) is 0.588. The first-order valence-corrected chi connectivity index (χ1v) is 7.96. The van der Waals surface area contributed by atoms with Crippen LogP contribution in [0.25, 0.3) is 0 Å². The molecule has 2 aliphatic rings. The number of carbonyl (C=O) groups is 1. The van der Waals surface area contributed by atoms with Crippen molar-refractivity contribution in [2.75, 3.05) is 39.8 Å². The van der Waals surface area contributed by atoms with Crippen molar-refractivity contribution in [1.82, 2.24) is 14.7 Å². The van der Waals surface area contributed by atoms with E-state index in [2.05, 4.69) is 21.9 Å². The Kier molecular flexibility index (Phi) is 4.56. The second kappa shape index (κ2) is 6.58. The van der Waals surface area contributed by atoms with Gasteiger partial charge in [-0.1, -0.05) is 30.3 Å². The minimum absolute atomic E-state index is 0.267. The number of benzene rings is 1. The zero-order valence-corrected chi connectivity index (χ0v) is 12.9. The Balaban J connectivity index is 1.43. The third-order valence-corrected chi connectivity index (χ3v) is 4.43. The normalized spacial score (nSPS) is 20.0. The van der Waals surface area contributed by atoms with E-state index in [1.165, 1.54) is 18.4 Å². The third kappa shape index (κ3) is 4.05. The molecule has 1 aliphatic heterocycles. The van der Waals surface area contributed by atoms with Crippen molar-refractivity contribution in [3.8, 4) is 0 Å². The molecule has 1 aliphatic carbocycles. The second-order valence-corrected chi connectivity index (χ2v) is 6.31. The van der Waals surface area contributed by atoms with Gasteiger partial charge in [0.1, 0.15) is 0 Å². The standard InChI is InChI=1S/C17H25N3O/c1-18(13-15-5-3-2-4-6-15)14-17(21)20-11-9-19(10-12-20)16-7-8-16/h2-6,16H,7-14H2,1H3. The summed E-state index contributed by atoms with van der Waals surface area (Å²) in [5, 5.41) is 0. The maximum atomic E-state index is 12.4. The molecule has 0 N–H and O–H groups in total. The van der Waals surface area contributed by atoms with Crippen LogP contribution in [0, 0.1) is 0 Å². The van der Waals surface area contributed by atoms with Crippen LogP contribution in [0.2, 0.25) is 0 Å². The molecule has 4 heteroatoms. The van der Waals surface area contributed by atoms with Gasteiger partial charge in [-0.05, 0) is 25.5 Å². The van der Waals surface area contributed by atoms with Gasteiger partial charge >= 0.3 is 0 Å². The maximum Gasteiger partial charge on any atom is 0.236 e. The molecule has 21 heavy (non-hydrogen) atoms. The van der Waals surface area contributed by atoms with E-state index in [4.69, 9.17) is 0 Å². The van der Waals surface area contributed by atoms with Crippen LogP contribution < -0.4 is 0 Å². The summed E-state index contributed by atoms with van der Waals surface area (Å²) in [6, 6.07) is 11.1. The lowest BCUT2D eigenvalue weighted by Gasteiger charge is -2.35.